The molecule has 6 aliphatic rings. The lowest BCUT2D eigenvalue weighted by atomic mass is 9.85. The van der Waals surface area contributed by atoms with Crippen LogP contribution in [0.2, 0.25) is 0 Å². The smallest absolute Gasteiger partial charge is 0.284 e. The van der Waals surface area contributed by atoms with Gasteiger partial charge in [0.05, 0.1) is 60.5 Å². The maximum Gasteiger partial charge on any atom is 0.284 e. The van der Waals surface area contributed by atoms with Crippen LogP contribution in [-0.2, 0) is 19.1 Å². The van der Waals surface area contributed by atoms with Crippen LogP contribution in [0.1, 0.15) is 120 Å². The zero-order valence-corrected chi connectivity index (χ0v) is 36.0. The van der Waals surface area contributed by atoms with E-state index in [2.05, 4.69) is 35.9 Å². The number of hydrogen-bond donors (Lipinski definition) is 3. The zero-order chi connectivity index (χ0) is 44.8. The predicted octanol–water partition coefficient (Wildman–Crippen LogP) is 4.60. The summed E-state index contributed by atoms with van der Waals surface area (Å²) in [5.74, 6) is -1.48. The summed E-state index contributed by atoms with van der Waals surface area (Å²) in [5.41, 5.74) is 1.14. The number of halogens is 2. The van der Waals surface area contributed by atoms with Gasteiger partial charge in [-0.05, 0) is 75.5 Å². The highest BCUT2D eigenvalue weighted by atomic mass is 19.3. The molecule has 4 atom stereocenters. The third-order valence-corrected chi connectivity index (χ3v) is 13.9. The quantitative estimate of drug-likeness (QED) is 0.111. The third kappa shape index (κ3) is 8.70. The predicted molar refractivity (Wildman–Crippen MR) is 231 cm³/mol. The fraction of sp³-hybridized carbons (Fsp3) is 0.556. The number of benzene rings is 1. The average molecular weight is 898 g/mol. The Morgan fingerprint density at radius 2 is 1.82 bits per heavy atom. The highest BCUT2D eigenvalue weighted by molar-refractivity contribution is 6.25. The molecule has 20 heteroatoms. The topological polar surface area (TPSA) is 198 Å². The van der Waals surface area contributed by atoms with E-state index in [0.29, 0.717) is 37.0 Å². The number of anilines is 3. The van der Waals surface area contributed by atoms with Crippen molar-refractivity contribution in [2.75, 3.05) is 61.5 Å². The van der Waals surface area contributed by atoms with Crippen LogP contribution >= 0.6 is 0 Å². The number of amides is 5. The van der Waals surface area contributed by atoms with Crippen LogP contribution in [0.5, 0.6) is 0 Å². The van der Waals surface area contributed by atoms with E-state index >= 15 is 0 Å². The van der Waals surface area contributed by atoms with E-state index in [-0.39, 0.29) is 59.5 Å². The van der Waals surface area contributed by atoms with Gasteiger partial charge in [-0.15, -0.1) is 0 Å². The molecule has 0 spiro atoms. The van der Waals surface area contributed by atoms with Crippen molar-refractivity contribution in [3.63, 3.8) is 0 Å². The highest BCUT2D eigenvalue weighted by Gasteiger charge is 2.46. The molecule has 1 aliphatic carbocycles. The summed E-state index contributed by atoms with van der Waals surface area (Å²) < 4.78 is 43.6. The molecule has 65 heavy (non-hydrogen) atoms. The number of alkyl halides is 2. The van der Waals surface area contributed by atoms with Gasteiger partial charge in [0.2, 0.25) is 11.8 Å². The lowest BCUT2D eigenvalue weighted by molar-refractivity contribution is -0.136. The van der Waals surface area contributed by atoms with Crippen molar-refractivity contribution in [3.05, 3.63) is 65.2 Å². The fourth-order valence-corrected chi connectivity index (χ4v) is 10.5. The number of fused-ring (bicyclic) bond motifs is 4. The molecule has 0 radical (unpaired) electrons. The van der Waals surface area contributed by atoms with Gasteiger partial charge in [0.1, 0.15) is 17.4 Å². The SMILES string of the molecule is O=C1CCC(N2C(=O)c3cccc(NCCCCC[C@@H]4CN(CC5CCC(n6cc(NC(=O)c7cnn8ccc(N9C[C@H]%10C[C@@H]9CO%10)nc78)c(C(F)F)n6)CC5)CCO4)c3C2=O)C(=O)N1. The number of nitrogens with one attached hydrogen (secondary N) is 3. The summed E-state index contributed by atoms with van der Waals surface area (Å²) in [6.45, 7) is 5.31. The van der Waals surface area contributed by atoms with E-state index in [0.717, 1.165) is 94.7 Å². The second-order valence-corrected chi connectivity index (χ2v) is 18.2. The van der Waals surface area contributed by atoms with E-state index in [1.54, 1.807) is 29.1 Å². The van der Waals surface area contributed by atoms with Crippen LogP contribution in [0.15, 0.2) is 42.9 Å². The van der Waals surface area contributed by atoms with Gasteiger partial charge in [0.15, 0.2) is 11.3 Å². The average Bonchev–Trinajstić information content (AvgIpc) is 4.15. The second kappa shape index (κ2) is 18.2. The minimum Gasteiger partial charge on any atom is -0.384 e. The number of aromatic nitrogens is 5. The Balaban J connectivity index is 0.665. The summed E-state index contributed by atoms with van der Waals surface area (Å²) in [5, 5.41) is 16.8. The number of hydrogen-bond acceptors (Lipinski definition) is 13. The zero-order valence-electron chi connectivity index (χ0n) is 36.0. The molecule has 5 amide bonds. The molecule has 3 aromatic heterocycles. The van der Waals surface area contributed by atoms with Crippen molar-refractivity contribution in [3.8, 4) is 0 Å². The molecular formula is C45H53F2N11O7. The van der Waals surface area contributed by atoms with E-state index in [4.69, 9.17) is 14.5 Å². The number of imide groups is 2. The highest BCUT2D eigenvalue weighted by Crippen LogP contribution is 2.37. The maximum absolute atomic E-state index is 14.3. The molecule has 18 nitrogen and oxygen atoms in total. The number of piperidine rings is 1. The molecule has 1 aromatic carbocycles. The Labute approximate surface area is 373 Å². The normalized spacial score (nSPS) is 25.8. The number of morpholine rings is 2. The van der Waals surface area contributed by atoms with Crippen LogP contribution in [-0.4, -0.2) is 134 Å². The van der Waals surface area contributed by atoms with Crippen molar-refractivity contribution in [2.45, 2.75) is 107 Å². The largest absolute Gasteiger partial charge is 0.384 e. The third-order valence-electron chi connectivity index (χ3n) is 13.9. The van der Waals surface area contributed by atoms with Crippen LogP contribution in [0.25, 0.3) is 5.65 Å². The number of unbranched alkanes of at least 4 members (excludes halogenated alkanes) is 2. The molecule has 3 N–H and O–H groups in total. The Morgan fingerprint density at radius 3 is 2.60 bits per heavy atom. The molecule has 1 unspecified atom stereocenters. The number of rotatable bonds is 15. The van der Waals surface area contributed by atoms with Gasteiger partial charge in [-0.2, -0.15) is 10.2 Å². The van der Waals surface area contributed by atoms with Crippen LogP contribution < -0.4 is 20.9 Å². The van der Waals surface area contributed by atoms with Crippen molar-refractivity contribution < 1.29 is 42.2 Å². The molecule has 5 fully saturated rings. The van der Waals surface area contributed by atoms with Crippen LogP contribution in [0, 0.1) is 5.92 Å². The molecule has 10 rings (SSSR count). The molecule has 8 heterocycles. The van der Waals surface area contributed by atoms with E-state index in [1.165, 1.54) is 16.9 Å². The molecule has 4 saturated heterocycles. The minimum atomic E-state index is -2.87. The maximum atomic E-state index is 14.3. The molecular weight excluding hydrogens is 845 g/mol. The number of ether oxygens (including phenoxy) is 2. The van der Waals surface area contributed by atoms with E-state index < -0.39 is 47.7 Å². The van der Waals surface area contributed by atoms with Gasteiger partial charge in [-0.25, -0.2) is 18.3 Å². The van der Waals surface area contributed by atoms with Crippen molar-refractivity contribution in [1.29, 1.82) is 0 Å². The van der Waals surface area contributed by atoms with Gasteiger partial charge in [0, 0.05) is 57.2 Å². The summed E-state index contributed by atoms with van der Waals surface area (Å²) >= 11 is 0. The summed E-state index contributed by atoms with van der Waals surface area (Å²) in [6, 6.07) is 6.11. The second-order valence-electron chi connectivity index (χ2n) is 18.2. The molecule has 4 aromatic rings. The Kier molecular flexibility index (Phi) is 12.1. The Hall–Kier alpha value is -5.86. The number of carbonyl (C=O) groups excluding carboxylic acids is 5. The summed E-state index contributed by atoms with van der Waals surface area (Å²) in [4.78, 5) is 74.6. The molecule has 5 aliphatic heterocycles. The van der Waals surface area contributed by atoms with Crippen molar-refractivity contribution in [1.82, 2.24) is 39.5 Å². The molecule has 1 saturated carbocycles. The van der Waals surface area contributed by atoms with Crippen LogP contribution in [0.3, 0.4) is 0 Å². The first-order valence-electron chi connectivity index (χ1n) is 22.9. The summed E-state index contributed by atoms with van der Waals surface area (Å²) in [7, 11) is 0. The Morgan fingerprint density at radius 1 is 0.954 bits per heavy atom. The van der Waals surface area contributed by atoms with Gasteiger partial charge in [-0.3, -0.25) is 43.8 Å². The first-order valence-corrected chi connectivity index (χ1v) is 22.9. The first-order chi connectivity index (χ1) is 31.6. The minimum absolute atomic E-state index is 0.0131. The van der Waals surface area contributed by atoms with Crippen LogP contribution in [0.4, 0.5) is 26.0 Å². The van der Waals surface area contributed by atoms with Gasteiger partial charge >= 0.3 is 0 Å². The van der Waals surface area contributed by atoms with Crippen molar-refractivity contribution in [2.24, 2.45) is 5.92 Å². The standard InChI is InChI=1S/C45H53F2N11O7/c46-40(47)39-34(50-42(60)32-20-49-56-16-14-36(51-41(32)56)55-23-30-19-28(55)25-65-30)24-57(53-39)27-10-8-26(9-11-27)21-54-17-18-64-29(22-54)5-2-1-3-15-48-33-7-4-6-31-38(33)45(63)58(44(31)62)35-12-13-37(59)52-43(35)61/h4,6-7,14,16,20,24,26-30,35,40,48H,1-3,5,8-13,15,17-19,21-23,25H2,(H,50,60)(H,52,59,61)/t26?,27?,28-,29-,30-,35?/m1/s1. The van der Waals surface area contributed by atoms with Gasteiger partial charge < -0.3 is 25.0 Å². The van der Waals surface area contributed by atoms with Gasteiger partial charge in [0.25, 0.3) is 24.1 Å². The molecule has 2 bridgehead atoms. The van der Waals surface area contributed by atoms with Crippen molar-refractivity contribution >= 4 is 52.4 Å². The Bertz CT molecular complexity index is 2490. The first kappa shape index (κ1) is 43.1. The summed E-state index contributed by atoms with van der Waals surface area (Å²) in [6.07, 6.45) is 10.4. The lowest BCUT2D eigenvalue weighted by Gasteiger charge is -2.37. The lowest BCUT2D eigenvalue weighted by Crippen LogP contribution is -2.54. The number of carbonyl (C=O) groups is 5. The van der Waals surface area contributed by atoms with E-state index in [9.17, 15) is 32.8 Å². The fourth-order valence-electron chi connectivity index (χ4n) is 10.5. The molecule has 344 valence electrons. The van der Waals surface area contributed by atoms with Gasteiger partial charge in [-0.1, -0.05) is 18.9 Å². The number of nitrogens with zero attached hydrogens (tertiary/aromatic N) is 8. The van der Waals surface area contributed by atoms with E-state index in [1.807, 2.05) is 6.07 Å². The monoisotopic (exact) mass is 897 g/mol.